The van der Waals surface area contributed by atoms with E-state index in [1.165, 1.54) is 6.07 Å². The van der Waals surface area contributed by atoms with Crippen LogP contribution in [-0.2, 0) is 11.3 Å². The zero-order valence-corrected chi connectivity index (χ0v) is 18.6. The number of aromatic nitrogens is 1. The van der Waals surface area contributed by atoms with Crippen LogP contribution in [-0.4, -0.2) is 22.2 Å². The molecule has 0 bridgehead atoms. The van der Waals surface area contributed by atoms with Crippen molar-refractivity contribution in [1.82, 2.24) is 4.98 Å². The zero-order valence-electron chi connectivity index (χ0n) is 18.6. The van der Waals surface area contributed by atoms with E-state index in [1.54, 1.807) is 26.0 Å². The number of ether oxygens (including phenoxy) is 2. The molecule has 7 nitrogen and oxygen atoms in total. The molecule has 3 rings (SSSR count). The van der Waals surface area contributed by atoms with Crippen LogP contribution in [0.1, 0.15) is 31.4 Å². The summed E-state index contributed by atoms with van der Waals surface area (Å²) < 4.78 is 39.5. The molecule has 0 fully saturated rings. The van der Waals surface area contributed by atoms with E-state index in [2.05, 4.69) is 4.98 Å². The first-order chi connectivity index (χ1) is 16.2. The molecule has 0 radical (unpaired) electrons. The van der Waals surface area contributed by atoms with E-state index < -0.39 is 35.5 Å². The van der Waals surface area contributed by atoms with Gasteiger partial charge in [-0.25, -0.2) is 13.6 Å². The highest BCUT2D eigenvalue weighted by Crippen LogP contribution is 2.32. The predicted molar refractivity (Wildman–Crippen MR) is 120 cm³/mol. The number of hydrogen-bond acceptors (Lipinski definition) is 6. The van der Waals surface area contributed by atoms with Gasteiger partial charge < -0.3 is 20.3 Å². The molecule has 0 saturated heterocycles. The Hall–Kier alpha value is -4.03. The Labute approximate surface area is 195 Å². The minimum absolute atomic E-state index is 0.0507. The van der Waals surface area contributed by atoms with Crippen molar-refractivity contribution in [3.63, 3.8) is 0 Å². The maximum absolute atomic E-state index is 14.4. The van der Waals surface area contributed by atoms with Crippen molar-refractivity contribution in [1.29, 1.82) is 5.26 Å². The van der Waals surface area contributed by atoms with Crippen LogP contribution in [0.3, 0.4) is 0 Å². The van der Waals surface area contributed by atoms with Gasteiger partial charge in [-0.3, -0.25) is 0 Å². The van der Waals surface area contributed by atoms with E-state index in [1.807, 2.05) is 30.3 Å². The van der Waals surface area contributed by atoms with Crippen molar-refractivity contribution in [2.75, 3.05) is 0 Å². The van der Waals surface area contributed by atoms with Crippen LogP contribution in [0.25, 0.3) is 11.1 Å². The number of nitrogens with two attached hydrogens (primary N) is 1. The number of pyridine rings is 1. The second-order valence-electron chi connectivity index (χ2n) is 8.00. The Morgan fingerprint density at radius 1 is 1.12 bits per heavy atom. The number of nitriles is 1. The molecular weight excluding hydrogens is 444 g/mol. The number of benzene rings is 2. The number of rotatable bonds is 9. The van der Waals surface area contributed by atoms with Crippen LogP contribution in [0.4, 0.5) is 8.78 Å². The van der Waals surface area contributed by atoms with Gasteiger partial charge in [0.05, 0.1) is 11.6 Å². The quantitative estimate of drug-likeness (QED) is 0.453. The number of aliphatic carboxylic acids is 1. The van der Waals surface area contributed by atoms with Crippen molar-refractivity contribution < 1.29 is 28.2 Å². The fraction of sp³-hybridized carbons (Fsp3) is 0.240. The monoisotopic (exact) mass is 467 g/mol. The number of hydrogen-bond donors (Lipinski definition) is 2. The van der Waals surface area contributed by atoms with Gasteiger partial charge >= 0.3 is 5.97 Å². The summed E-state index contributed by atoms with van der Waals surface area (Å²) in [6.07, 6.45) is -1.27. The van der Waals surface area contributed by atoms with Gasteiger partial charge in [0.1, 0.15) is 5.75 Å². The van der Waals surface area contributed by atoms with Gasteiger partial charge in [0.2, 0.25) is 0 Å². The summed E-state index contributed by atoms with van der Waals surface area (Å²) in [4.78, 5) is 15.2. The van der Waals surface area contributed by atoms with Crippen molar-refractivity contribution >= 4 is 5.97 Å². The largest absolute Gasteiger partial charge is 0.479 e. The molecule has 9 heteroatoms. The summed E-state index contributed by atoms with van der Waals surface area (Å²) in [5, 5.41) is 18.8. The van der Waals surface area contributed by atoms with E-state index >= 15 is 0 Å². The standard InChI is InChI=1S/C25H23F2N3O4/c1-14(2)6-22(25(31)32)34-24-21(27)11-20(26)23(30-24)33-19-9-16(13-29)8-18(10-19)17-5-3-4-15(7-17)12-28/h3-5,7-11,14,22H,6,12,28H2,1-2H3,(H,31,32)/t22-/m1/s1. The van der Waals surface area contributed by atoms with Crippen molar-refractivity contribution in [2.45, 2.75) is 32.9 Å². The molecule has 0 unspecified atom stereocenters. The Morgan fingerprint density at radius 2 is 1.85 bits per heavy atom. The highest BCUT2D eigenvalue weighted by molar-refractivity contribution is 5.72. The lowest BCUT2D eigenvalue weighted by Gasteiger charge is -2.17. The normalized spacial score (nSPS) is 11.7. The van der Waals surface area contributed by atoms with Crippen LogP contribution >= 0.6 is 0 Å². The fourth-order valence-electron chi connectivity index (χ4n) is 3.23. The average Bonchev–Trinajstić information content (AvgIpc) is 2.81. The Bertz CT molecular complexity index is 1240. The molecular formula is C25H23F2N3O4. The predicted octanol–water partition coefficient (Wildman–Crippen LogP) is 5.03. The molecule has 1 heterocycles. The third-order valence-corrected chi connectivity index (χ3v) is 4.83. The first-order valence-corrected chi connectivity index (χ1v) is 10.5. The number of carboxylic acid groups (broad SMARTS) is 1. The minimum atomic E-state index is -1.37. The van der Waals surface area contributed by atoms with Crippen LogP contribution in [0.5, 0.6) is 17.5 Å². The summed E-state index contributed by atoms with van der Waals surface area (Å²) in [5.74, 6) is -4.87. The Balaban J connectivity index is 1.96. The summed E-state index contributed by atoms with van der Waals surface area (Å²) in [6.45, 7) is 3.90. The first kappa shape index (κ1) is 24.6. The van der Waals surface area contributed by atoms with Crippen molar-refractivity contribution in [3.05, 3.63) is 71.3 Å². The average molecular weight is 467 g/mol. The molecule has 0 aliphatic heterocycles. The fourth-order valence-corrected chi connectivity index (χ4v) is 3.23. The zero-order chi connectivity index (χ0) is 24.8. The Morgan fingerprint density at radius 3 is 2.50 bits per heavy atom. The summed E-state index contributed by atoms with van der Waals surface area (Å²) in [5.41, 5.74) is 8.20. The van der Waals surface area contributed by atoms with Crippen LogP contribution < -0.4 is 15.2 Å². The van der Waals surface area contributed by atoms with E-state index in [-0.39, 0.29) is 23.7 Å². The van der Waals surface area contributed by atoms with Crippen LogP contribution in [0.2, 0.25) is 0 Å². The van der Waals surface area contributed by atoms with E-state index in [9.17, 15) is 23.9 Å². The van der Waals surface area contributed by atoms with E-state index in [0.717, 1.165) is 11.1 Å². The van der Waals surface area contributed by atoms with Gasteiger partial charge in [0, 0.05) is 12.6 Å². The van der Waals surface area contributed by atoms with Gasteiger partial charge in [0.25, 0.3) is 11.8 Å². The molecule has 0 spiro atoms. The van der Waals surface area contributed by atoms with E-state index in [0.29, 0.717) is 18.2 Å². The second-order valence-corrected chi connectivity index (χ2v) is 8.00. The van der Waals surface area contributed by atoms with Gasteiger partial charge in [-0.1, -0.05) is 32.0 Å². The molecule has 34 heavy (non-hydrogen) atoms. The first-order valence-electron chi connectivity index (χ1n) is 10.5. The maximum atomic E-state index is 14.4. The highest BCUT2D eigenvalue weighted by Gasteiger charge is 2.25. The third kappa shape index (κ3) is 6.05. The van der Waals surface area contributed by atoms with Gasteiger partial charge in [-0.15, -0.1) is 0 Å². The SMILES string of the molecule is CC(C)C[C@@H](Oc1nc(Oc2cc(C#N)cc(-c3cccc(CN)c3)c2)c(F)cc1F)C(=O)O. The van der Waals surface area contributed by atoms with Crippen molar-refractivity contribution in [2.24, 2.45) is 11.7 Å². The smallest absolute Gasteiger partial charge is 0.344 e. The maximum Gasteiger partial charge on any atom is 0.344 e. The summed E-state index contributed by atoms with van der Waals surface area (Å²) >= 11 is 0. The molecule has 3 N–H and O–H groups in total. The van der Waals surface area contributed by atoms with Crippen LogP contribution in [0, 0.1) is 28.9 Å². The molecule has 0 saturated carbocycles. The van der Waals surface area contributed by atoms with Gasteiger partial charge in [-0.05, 0) is 53.3 Å². The number of carbonyl (C=O) groups is 1. The Kier molecular flexibility index (Phi) is 7.76. The van der Waals surface area contributed by atoms with Crippen LogP contribution in [0.15, 0.2) is 48.5 Å². The number of carboxylic acids is 1. The molecule has 3 aromatic rings. The molecule has 176 valence electrons. The van der Waals surface area contributed by atoms with Gasteiger partial charge in [-0.2, -0.15) is 10.2 Å². The topological polar surface area (TPSA) is 118 Å². The van der Waals surface area contributed by atoms with Gasteiger partial charge in [0.15, 0.2) is 17.7 Å². The van der Waals surface area contributed by atoms with E-state index in [4.69, 9.17) is 15.2 Å². The lowest BCUT2D eigenvalue weighted by atomic mass is 10.0. The summed E-state index contributed by atoms with van der Waals surface area (Å²) in [6, 6.07) is 14.4. The molecule has 0 amide bonds. The lowest BCUT2D eigenvalue weighted by Crippen LogP contribution is -2.29. The molecule has 2 aromatic carbocycles. The number of nitrogens with zero attached hydrogens (tertiary/aromatic N) is 2. The lowest BCUT2D eigenvalue weighted by molar-refractivity contribution is -0.146. The second kappa shape index (κ2) is 10.7. The third-order valence-electron chi connectivity index (χ3n) is 4.83. The molecule has 1 aromatic heterocycles. The molecule has 1 atom stereocenters. The highest BCUT2D eigenvalue weighted by atomic mass is 19.1. The summed E-state index contributed by atoms with van der Waals surface area (Å²) in [7, 11) is 0. The molecule has 0 aliphatic carbocycles. The van der Waals surface area contributed by atoms with Crippen molar-refractivity contribution in [3.8, 4) is 34.7 Å². The number of halogens is 2. The molecule has 0 aliphatic rings. The minimum Gasteiger partial charge on any atom is -0.479 e.